The van der Waals surface area contributed by atoms with Crippen LogP contribution >= 0.6 is 0 Å². The minimum atomic E-state index is -0.445. The second kappa shape index (κ2) is 8.58. The van der Waals surface area contributed by atoms with Crippen molar-refractivity contribution in [1.29, 1.82) is 0 Å². The number of ether oxygens (including phenoxy) is 1. The molecule has 0 aliphatic rings. The molecule has 0 heterocycles. The van der Waals surface area contributed by atoms with Crippen molar-refractivity contribution in [2.24, 2.45) is 0 Å². The fourth-order valence-corrected chi connectivity index (χ4v) is 0.887. The van der Waals surface area contributed by atoms with Crippen LogP contribution in [0.25, 0.3) is 0 Å². The number of urea groups is 1. The molecule has 0 radical (unpaired) electrons. The molecule has 0 rings (SSSR count). The molecule has 0 aliphatic heterocycles. The van der Waals surface area contributed by atoms with Crippen LogP contribution in [0.3, 0.4) is 0 Å². The Morgan fingerprint density at radius 2 is 1.82 bits per heavy atom. The van der Waals surface area contributed by atoms with Crippen molar-refractivity contribution in [2.45, 2.75) is 6.92 Å². The zero-order valence-electron chi connectivity index (χ0n) is 10.7. The summed E-state index contributed by atoms with van der Waals surface area (Å²) in [6, 6.07) is -0.266. The highest BCUT2D eigenvalue weighted by Crippen LogP contribution is 1.90. The zero-order valence-corrected chi connectivity index (χ0v) is 10.7. The summed E-state index contributed by atoms with van der Waals surface area (Å²) in [5.74, 6) is -0.445. The molecular formula is C11H21N3O3. The van der Waals surface area contributed by atoms with Crippen molar-refractivity contribution in [3.8, 4) is 0 Å². The zero-order chi connectivity index (χ0) is 13.3. The lowest BCUT2D eigenvalue weighted by molar-refractivity contribution is -0.138. The fourth-order valence-electron chi connectivity index (χ4n) is 0.887. The Labute approximate surface area is 102 Å². The van der Waals surface area contributed by atoms with Gasteiger partial charge in [-0.05, 0) is 21.0 Å². The molecular weight excluding hydrogens is 222 g/mol. The first kappa shape index (κ1) is 15.4. The molecule has 0 aromatic heterocycles. The van der Waals surface area contributed by atoms with Crippen molar-refractivity contribution in [2.75, 3.05) is 40.3 Å². The van der Waals surface area contributed by atoms with Crippen LogP contribution in [0.1, 0.15) is 6.92 Å². The molecule has 0 atom stereocenters. The summed E-state index contributed by atoms with van der Waals surface area (Å²) in [5, 5.41) is 5.25. The molecule has 0 aromatic rings. The average molecular weight is 243 g/mol. The molecule has 0 spiro atoms. The van der Waals surface area contributed by atoms with Gasteiger partial charge in [0.05, 0.1) is 6.54 Å². The smallest absolute Gasteiger partial charge is 0.333 e. The summed E-state index contributed by atoms with van der Waals surface area (Å²) in [5.41, 5.74) is 0.348. The van der Waals surface area contributed by atoms with E-state index in [1.54, 1.807) is 6.92 Å². The van der Waals surface area contributed by atoms with Gasteiger partial charge in [0.1, 0.15) is 6.61 Å². The van der Waals surface area contributed by atoms with Crippen LogP contribution in [-0.4, -0.2) is 57.2 Å². The molecule has 0 saturated heterocycles. The lowest BCUT2D eigenvalue weighted by Gasteiger charge is -2.11. The number of hydrogen-bond acceptors (Lipinski definition) is 4. The van der Waals surface area contributed by atoms with Gasteiger partial charge in [0.2, 0.25) is 0 Å². The van der Waals surface area contributed by atoms with E-state index in [4.69, 9.17) is 4.74 Å². The van der Waals surface area contributed by atoms with Gasteiger partial charge in [0.15, 0.2) is 0 Å². The van der Waals surface area contributed by atoms with Crippen molar-refractivity contribution >= 4 is 12.0 Å². The van der Waals surface area contributed by atoms with Gasteiger partial charge in [-0.25, -0.2) is 9.59 Å². The first-order chi connectivity index (χ1) is 7.93. The molecule has 6 nitrogen and oxygen atoms in total. The number of esters is 1. The van der Waals surface area contributed by atoms with E-state index in [9.17, 15) is 9.59 Å². The predicted octanol–water partition coefficient (Wildman–Crippen LogP) is -0.0335. The molecule has 0 unspecified atom stereocenters. The number of carbonyl (C=O) groups is 2. The third kappa shape index (κ3) is 9.37. The Morgan fingerprint density at radius 1 is 1.24 bits per heavy atom. The number of nitrogens with one attached hydrogen (secondary N) is 2. The molecule has 6 heteroatoms. The number of rotatable bonds is 7. The van der Waals surface area contributed by atoms with E-state index >= 15 is 0 Å². The van der Waals surface area contributed by atoms with E-state index < -0.39 is 5.97 Å². The van der Waals surface area contributed by atoms with Crippen molar-refractivity contribution in [3.05, 3.63) is 12.2 Å². The van der Waals surface area contributed by atoms with E-state index in [-0.39, 0.29) is 19.2 Å². The quantitative estimate of drug-likeness (QED) is 0.374. The Kier molecular flexibility index (Phi) is 7.79. The van der Waals surface area contributed by atoms with Gasteiger partial charge < -0.3 is 20.3 Å². The highest BCUT2D eigenvalue weighted by atomic mass is 16.5. The van der Waals surface area contributed by atoms with Gasteiger partial charge in [0.25, 0.3) is 0 Å². The lowest BCUT2D eigenvalue weighted by atomic mass is 10.4. The Bertz CT molecular complexity index is 277. The second-order valence-electron chi connectivity index (χ2n) is 3.90. The van der Waals surface area contributed by atoms with Gasteiger partial charge in [-0.3, -0.25) is 0 Å². The molecule has 98 valence electrons. The topological polar surface area (TPSA) is 70.7 Å². The molecule has 0 aromatic carbocycles. The SMILES string of the molecule is C=C(C)C(=O)OCCNC(=O)NCCN(C)C. The Morgan fingerprint density at radius 3 is 2.35 bits per heavy atom. The normalized spacial score (nSPS) is 9.88. The molecule has 0 bridgehead atoms. The Hall–Kier alpha value is -1.56. The van der Waals surface area contributed by atoms with E-state index in [1.165, 1.54) is 0 Å². The summed E-state index contributed by atoms with van der Waals surface area (Å²) >= 11 is 0. The van der Waals surface area contributed by atoms with E-state index in [1.807, 2.05) is 19.0 Å². The summed E-state index contributed by atoms with van der Waals surface area (Å²) in [6.07, 6.45) is 0. The number of amides is 2. The van der Waals surface area contributed by atoms with Gasteiger partial charge in [0, 0.05) is 18.7 Å². The van der Waals surface area contributed by atoms with Gasteiger partial charge >= 0.3 is 12.0 Å². The molecule has 2 N–H and O–H groups in total. The van der Waals surface area contributed by atoms with Crippen LogP contribution in [0.5, 0.6) is 0 Å². The summed E-state index contributed by atoms with van der Waals surface area (Å²) in [6.45, 7) is 6.80. The number of hydrogen-bond donors (Lipinski definition) is 2. The first-order valence-corrected chi connectivity index (χ1v) is 5.42. The average Bonchev–Trinajstić information content (AvgIpc) is 2.23. The van der Waals surface area contributed by atoms with Gasteiger partial charge in [-0.1, -0.05) is 6.58 Å². The van der Waals surface area contributed by atoms with Crippen LogP contribution in [0.15, 0.2) is 12.2 Å². The molecule has 17 heavy (non-hydrogen) atoms. The van der Waals surface area contributed by atoms with Gasteiger partial charge in [-0.15, -0.1) is 0 Å². The van der Waals surface area contributed by atoms with Crippen LogP contribution in [-0.2, 0) is 9.53 Å². The standard InChI is InChI=1S/C11H21N3O3/c1-9(2)10(15)17-8-6-13-11(16)12-5-7-14(3)4/h1,5-8H2,2-4H3,(H2,12,13,16). The van der Waals surface area contributed by atoms with Crippen LogP contribution in [0.4, 0.5) is 4.79 Å². The minimum absolute atomic E-state index is 0.146. The van der Waals surface area contributed by atoms with Crippen LogP contribution < -0.4 is 10.6 Å². The number of likely N-dealkylation sites (N-methyl/N-ethyl adjacent to an activating group) is 1. The largest absolute Gasteiger partial charge is 0.460 e. The van der Waals surface area contributed by atoms with E-state index in [0.717, 1.165) is 6.54 Å². The number of nitrogens with zero attached hydrogens (tertiary/aromatic N) is 1. The maximum Gasteiger partial charge on any atom is 0.333 e. The fraction of sp³-hybridized carbons (Fsp3) is 0.636. The van der Waals surface area contributed by atoms with Crippen molar-refractivity contribution in [3.63, 3.8) is 0 Å². The predicted molar refractivity (Wildman–Crippen MR) is 65.7 cm³/mol. The molecule has 0 saturated carbocycles. The molecule has 2 amide bonds. The summed E-state index contributed by atoms with van der Waals surface area (Å²) in [7, 11) is 3.85. The summed E-state index contributed by atoms with van der Waals surface area (Å²) < 4.78 is 4.81. The second-order valence-corrected chi connectivity index (χ2v) is 3.90. The molecule has 0 aliphatic carbocycles. The minimum Gasteiger partial charge on any atom is -0.460 e. The third-order valence-corrected chi connectivity index (χ3v) is 1.81. The van der Waals surface area contributed by atoms with Crippen molar-refractivity contribution in [1.82, 2.24) is 15.5 Å². The Balaban J connectivity index is 3.45. The van der Waals surface area contributed by atoms with E-state index in [0.29, 0.717) is 12.1 Å². The highest BCUT2D eigenvalue weighted by Gasteiger charge is 2.03. The first-order valence-electron chi connectivity index (χ1n) is 5.42. The lowest BCUT2D eigenvalue weighted by Crippen LogP contribution is -2.40. The van der Waals surface area contributed by atoms with Crippen molar-refractivity contribution < 1.29 is 14.3 Å². The van der Waals surface area contributed by atoms with Gasteiger partial charge in [-0.2, -0.15) is 0 Å². The number of carbonyl (C=O) groups excluding carboxylic acids is 2. The maximum atomic E-state index is 11.2. The highest BCUT2D eigenvalue weighted by molar-refractivity contribution is 5.86. The van der Waals surface area contributed by atoms with Crippen LogP contribution in [0.2, 0.25) is 0 Å². The van der Waals surface area contributed by atoms with E-state index in [2.05, 4.69) is 17.2 Å². The van der Waals surface area contributed by atoms with Crippen LogP contribution in [0, 0.1) is 0 Å². The third-order valence-electron chi connectivity index (χ3n) is 1.81. The molecule has 0 fully saturated rings. The maximum absolute atomic E-state index is 11.2. The monoisotopic (exact) mass is 243 g/mol. The summed E-state index contributed by atoms with van der Waals surface area (Å²) in [4.78, 5) is 24.2.